The monoisotopic (exact) mass is 386 g/mol. The maximum absolute atomic E-state index is 12.9. The largest absolute Gasteiger partial charge is 0.373 e. The summed E-state index contributed by atoms with van der Waals surface area (Å²) in [5, 5.41) is 6.69. The maximum atomic E-state index is 12.9. The molecule has 154 valence electrons. The average Bonchev–Trinajstić information content (AvgIpc) is 2.73. The van der Waals surface area contributed by atoms with Crippen molar-refractivity contribution in [3.8, 4) is 0 Å². The normalized spacial score (nSPS) is 24.1. The highest BCUT2D eigenvalue weighted by molar-refractivity contribution is 5.78. The predicted octanol–water partition coefficient (Wildman–Crippen LogP) is 1.95. The van der Waals surface area contributed by atoms with Gasteiger partial charge in [-0.2, -0.15) is 0 Å². The van der Waals surface area contributed by atoms with E-state index in [0.29, 0.717) is 6.54 Å². The number of hydrogen-bond acceptors (Lipinski definition) is 6. The number of aromatic nitrogens is 2. The van der Waals surface area contributed by atoms with Crippen LogP contribution in [-0.2, 0) is 17.8 Å². The Kier molecular flexibility index (Phi) is 6.11. The van der Waals surface area contributed by atoms with E-state index in [1.165, 1.54) is 12.0 Å². The molecule has 1 amide bonds. The number of nitrogens with zero attached hydrogens (tertiary/aromatic N) is 4. The molecule has 1 aromatic heterocycles. The first-order valence-electron chi connectivity index (χ1n) is 11.0. The molecule has 1 aromatic rings. The van der Waals surface area contributed by atoms with Crippen molar-refractivity contribution in [1.29, 1.82) is 0 Å². The summed E-state index contributed by atoms with van der Waals surface area (Å²) in [5.74, 6) is 2.85. The lowest BCUT2D eigenvalue weighted by atomic mass is 9.98. The summed E-state index contributed by atoms with van der Waals surface area (Å²) in [6.07, 6.45) is 6.56. The molecular weight excluding hydrogens is 352 g/mol. The smallest absolute Gasteiger partial charge is 0.236 e. The molecule has 0 radical (unpaired) electrons. The molecule has 4 heterocycles. The second-order valence-corrected chi connectivity index (χ2v) is 8.58. The number of fused-ring (bicyclic) bond motifs is 1. The van der Waals surface area contributed by atoms with Crippen LogP contribution in [0.5, 0.6) is 0 Å². The van der Waals surface area contributed by atoms with E-state index in [0.717, 1.165) is 88.1 Å². The quantitative estimate of drug-likeness (QED) is 0.824. The van der Waals surface area contributed by atoms with Crippen molar-refractivity contribution >= 4 is 11.7 Å². The number of anilines is 1. The Morgan fingerprint density at radius 1 is 1.18 bits per heavy atom. The second-order valence-electron chi connectivity index (χ2n) is 8.58. The molecule has 2 saturated heterocycles. The van der Waals surface area contributed by atoms with Crippen LogP contribution in [0.15, 0.2) is 0 Å². The summed E-state index contributed by atoms with van der Waals surface area (Å²) >= 11 is 0. The standard InChI is InChI=1S/C21H34N6O/c1-15-7-11-26(12-8-15)19(28)14-27-10-4-3-5-18(27)21-24-17-13-23-9-6-16(17)20(22-2)25-21/h15,18,23H,3-14H2,1-2H3,(H,22,24,25). The Morgan fingerprint density at radius 2 is 2.00 bits per heavy atom. The molecule has 3 aliphatic rings. The Hall–Kier alpha value is -1.73. The van der Waals surface area contributed by atoms with Crippen molar-refractivity contribution in [3.63, 3.8) is 0 Å². The van der Waals surface area contributed by atoms with Crippen LogP contribution in [0.3, 0.4) is 0 Å². The Labute approximate surface area is 168 Å². The fourth-order valence-electron chi connectivity index (χ4n) is 4.74. The molecule has 3 aliphatic heterocycles. The van der Waals surface area contributed by atoms with E-state index < -0.39 is 0 Å². The minimum atomic E-state index is 0.140. The van der Waals surface area contributed by atoms with Gasteiger partial charge < -0.3 is 15.5 Å². The van der Waals surface area contributed by atoms with E-state index in [1.54, 1.807) is 0 Å². The van der Waals surface area contributed by atoms with E-state index in [-0.39, 0.29) is 11.9 Å². The van der Waals surface area contributed by atoms with Crippen LogP contribution < -0.4 is 10.6 Å². The molecular formula is C21H34N6O. The Bertz CT molecular complexity index is 683. The van der Waals surface area contributed by atoms with Crippen LogP contribution in [0.4, 0.5) is 5.82 Å². The first-order valence-corrected chi connectivity index (χ1v) is 11.0. The van der Waals surface area contributed by atoms with Gasteiger partial charge in [-0.25, -0.2) is 9.97 Å². The zero-order chi connectivity index (χ0) is 19.5. The molecule has 2 fully saturated rings. The van der Waals surface area contributed by atoms with Crippen molar-refractivity contribution < 1.29 is 4.79 Å². The van der Waals surface area contributed by atoms with Crippen molar-refractivity contribution in [1.82, 2.24) is 25.1 Å². The topological polar surface area (TPSA) is 73.4 Å². The van der Waals surface area contributed by atoms with Gasteiger partial charge >= 0.3 is 0 Å². The van der Waals surface area contributed by atoms with Gasteiger partial charge in [-0.05, 0) is 51.1 Å². The number of rotatable bonds is 4. The second kappa shape index (κ2) is 8.74. The first kappa shape index (κ1) is 19.6. The van der Waals surface area contributed by atoms with E-state index in [1.807, 2.05) is 7.05 Å². The van der Waals surface area contributed by atoms with Crippen LogP contribution in [-0.4, -0.2) is 65.4 Å². The molecule has 2 N–H and O–H groups in total. The average molecular weight is 387 g/mol. The molecule has 4 rings (SSSR count). The Balaban J connectivity index is 1.51. The molecule has 28 heavy (non-hydrogen) atoms. The summed E-state index contributed by atoms with van der Waals surface area (Å²) in [6, 6.07) is 0.140. The zero-order valence-electron chi connectivity index (χ0n) is 17.3. The molecule has 1 unspecified atom stereocenters. The number of carbonyl (C=O) groups is 1. The van der Waals surface area contributed by atoms with E-state index in [4.69, 9.17) is 9.97 Å². The number of piperidine rings is 2. The summed E-state index contributed by atoms with van der Waals surface area (Å²) in [4.78, 5) is 27.1. The van der Waals surface area contributed by atoms with Crippen LogP contribution in [0, 0.1) is 5.92 Å². The third kappa shape index (κ3) is 4.15. The lowest BCUT2D eigenvalue weighted by molar-refractivity contribution is -0.134. The van der Waals surface area contributed by atoms with Gasteiger partial charge in [0, 0.05) is 32.2 Å². The fourth-order valence-corrected chi connectivity index (χ4v) is 4.74. The molecule has 0 spiro atoms. The van der Waals surface area contributed by atoms with E-state index >= 15 is 0 Å². The summed E-state index contributed by atoms with van der Waals surface area (Å²) < 4.78 is 0. The molecule has 0 aromatic carbocycles. The van der Waals surface area contributed by atoms with Crippen molar-refractivity contribution in [2.75, 3.05) is 45.1 Å². The number of nitrogens with one attached hydrogen (secondary N) is 2. The van der Waals surface area contributed by atoms with Gasteiger partial charge in [0.1, 0.15) is 11.6 Å². The Morgan fingerprint density at radius 3 is 2.79 bits per heavy atom. The SMILES string of the molecule is CNc1nc(C2CCCCN2CC(=O)N2CCC(C)CC2)nc2c1CCNC2. The number of likely N-dealkylation sites (tertiary alicyclic amines) is 2. The molecule has 0 saturated carbocycles. The molecule has 0 bridgehead atoms. The van der Waals surface area contributed by atoms with Gasteiger partial charge in [0.05, 0.1) is 18.3 Å². The highest BCUT2D eigenvalue weighted by Crippen LogP contribution is 2.31. The predicted molar refractivity (Wildman–Crippen MR) is 110 cm³/mol. The van der Waals surface area contributed by atoms with Gasteiger partial charge in [0.15, 0.2) is 0 Å². The van der Waals surface area contributed by atoms with Crippen molar-refractivity contribution in [2.24, 2.45) is 5.92 Å². The van der Waals surface area contributed by atoms with Crippen LogP contribution in [0.2, 0.25) is 0 Å². The molecule has 7 heteroatoms. The third-order valence-electron chi connectivity index (χ3n) is 6.58. The van der Waals surface area contributed by atoms with Crippen LogP contribution in [0.1, 0.15) is 62.2 Å². The van der Waals surface area contributed by atoms with Crippen molar-refractivity contribution in [2.45, 2.75) is 58.0 Å². The lowest BCUT2D eigenvalue weighted by Gasteiger charge is -2.37. The molecule has 7 nitrogen and oxygen atoms in total. The number of hydrogen-bond donors (Lipinski definition) is 2. The van der Waals surface area contributed by atoms with Crippen molar-refractivity contribution in [3.05, 3.63) is 17.1 Å². The minimum Gasteiger partial charge on any atom is -0.373 e. The van der Waals surface area contributed by atoms with Gasteiger partial charge in [0.2, 0.25) is 5.91 Å². The highest BCUT2D eigenvalue weighted by atomic mass is 16.2. The van der Waals surface area contributed by atoms with E-state index in [9.17, 15) is 4.79 Å². The van der Waals surface area contributed by atoms with Gasteiger partial charge in [-0.1, -0.05) is 13.3 Å². The molecule has 0 aliphatic carbocycles. The van der Waals surface area contributed by atoms with Gasteiger partial charge in [0.25, 0.3) is 0 Å². The van der Waals surface area contributed by atoms with E-state index in [2.05, 4.69) is 27.4 Å². The van der Waals surface area contributed by atoms with Crippen LogP contribution in [0.25, 0.3) is 0 Å². The summed E-state index contributed by atoms with van der Waals surface area (Å²) in [7, 11) is 1.94. The highest BCUT2D eigenvalue weighted by Gasteiger charge is 2.31. The number of carbonyl (C=O) groups excluding carboxylic acids is 1. The fraction of sp³-hybridized carbons (Fsp3) is 0.762. The van der Waals surface area contributed by atoms with Crippen LogP contribution >= 0.6 is 0 Å². The van der Waals surface area contributed by atoms with Gasteiger partial charge in [-0.15, -0.1) is 0 Å². The summed E-state index contributed by atoms with van der Waals surface area (Å²) in [5.41, 5.74) is 2.35. The lowest BCUT2D eigenvalue weighted by Crippen LogP contribution is -2.46. The number of amides is 1. The summed E-state index contributed by atoms with van der Waals surface area (Å²) in [6.45, 7) is 7.32. The zero-order valence-corrected chi connectivity index (χ0v) is 17.3. The first-order chi connectivity index (χ1) is 13.7. The van der Waals surface area contributed by atoms with Gasteiger partial charge in [-0.3, -0.25) is 9.69 Å². The third-order valence-corrected chi connectivity index (χ3v) is 6.58. The minimum absolute atomic E-state index is 0.140. The maximum Gasteiger partial charge on any atom is 0.236 e. The molecule has 1 atom stereocenters.